The summed E-state index contributed by atoms with van der Waals surface area (Å²) in [6.07, 6.45) is 0.479. The van der Waals surface area contributed by atoms with Crippen LogP contribution in [0.25, 0.3) is 0 Å². The average molecular weight is 147 g/mol. The van der Waals surface area contributed by atoms with Crippen molar-refractivity contribution in [2.24, 2.45) is 0 Å². The van der Waals surface area contributed by atoms with E-state index in [1.54, 1.807) is 13.8 Å². The van der Waals surface area contributed by atoms with Crippen LogP contribution in [-0.4, -0.2) is 18.6 Å². The van der Waals surface area contributed by atoms with Crippen LogP contribution in [0.5, 0.6) is 0 Å². The van der Waals surface area contributed by atoms with Crippen molar-refractivity contribution >= 4 is 5.91 Å². The molecular formula is C7H14FNO. The lowest BCUT2D eigenvalue weighted by Crippen LogP contribution is -2.40. The SMILES string of the molecule is CCC(F)(CC)C(=O)NC. The summed E-state index contributed by atoms with van der Waals surface area (Å²) >= 11 is 0. The first-order valence-corrected chi connectivity index (χ1v) is 3.51. The molecule has 0 bridgehead atoms. The van der Waals surface area contributed by atoms with Crippen molar-refractivity contribution in [2.45, 2.75) is 32.4 Å². The van der Waals surface area contributed by atoms with E-state index < -0.39 is 11.6 Å². The molecule has 0 aliphatic rings. The van der Waals surface area contributed by atoms with Gasteiger partial charge in [0.05, 0.1) is 0 Å². The van der Waals surface area contributed by atoms with Crippen molar-refractivity contribution in [1.82, 2.24) is 5.32 Å². The largest absolute Gasteiger partial charge is 0.356 e. The zero-order chi connectivity index (χ0) is 8.20. The second-order valence-corrected chi connectivity index (χ2v) is 2.25. The predicted octanol–water partition coefficient (Wildman–Crippen LogP) is 1.26. The third-order valence-electron chi connectivity index (χ3n) is 1.75. The van der Waals surface area contributed by atoms with E-state index >= 15 is 0 Å². The Morgan fingerprint density at radius 1 is 1.50 bits per heavy atom. The third-order valence-corrected chi connectivity index (χ3v) is 1.75. The maximum absolute atomic E-state index is 13.2. The molecule has 0 unspecified atom stereocenters. The minimum Gasteiger partial charge on any atom is -0.356 e. The molecular weight excluding hydrogens is 133 g/mol. The smallest absolute Gasteiger partial charge is 0.257 e. The molecule has 0 rings (SSSR count). The standard InChI is InChI=1S/C7H14FNO/c1-4-7(8,5-2)6(10)9-3/h4-5H2,1-3H3,(H,9,10). The van der Waals surface area contributed by atoms with Crippen LogP contribution >= 0.6 is 0 Å². The lowest BCUT2D eigenvalue weighted by atomic mass is 9.99. The first kappa shape index (κ1) is 9.40. The molecule has 60 valence electrons. The molecule has 0 aromatic rings. The van der Waals surface area contributed by atoms with E-state index in [1.165, 1.54) is 7.05 Å². The predicted molar refractivity (Wildman–Crippen MR) is 38.5 cm³/mol. The fourth-order valence-electron chi connectivity index (χ4n) is 0.795. The fourth-order valence-corrected chi connectivity index (χ4v) is 0.795. The highest BCUT2D eigenvalue weighted by Gasteiger charge is 2.33. The maximum Gasteiger partial charge on any atom is 0.257 e. The van der Waals surface area contributed by atoms with Crippen LogP contribution in [0.4, 0.5) is 4.39 Å². The number of rotatable bonds is 3. The molecule has 0 saturated carbocycles. The Morgan fingerprint density at radius 3 is 2.00 bits per heavy atom. The van der Waals surface area contributed by atoms with Gasteiger partial charge >= 0.3 is 0 Å². The number of nitrogens with one attached hydrogen (secondary N) is 1. The van der Waals surface area contributed by atoms with Gasteiger partial charge in [-0.25, -0.2) is 4.39 Å². The Kier molecular flexibility index (Phi) is 3.33. The molecule has 0 saturated heterocycles. The zero-order valence-corrected chi connectivity index (χ0v) is 6.70. The highest BCUT2D eigenvalue weighted by atomic mass is 19.1. The zero-order valence-electron chi connectivity index (χ0n) is 6.70. The summed E-state index contributed by atoms with van der Waals surface area (Å²) in [4.78, 5) is 10.8. The van der Waals surface area contributed by atoms with Gasteiger partial charge in [-0.3, -0.25) is 4.79 Å². The Hall–Kier alpha value is -0.600. The van der Waals surface area contributed by atoms with Crippen LogP contribution in [0.2, 0.25) is 0 Å². The number of alkyl halides is 1. The lowest BCUT2D eigenvalue weighted by Gasteiger charge is -2.18. The number of amides is 1. The quantitative estimate of drug-likeness (QED) is 0.639. The van der Waals surface area contributed by atoms with E-state index in [2.05, 4.69) is 5.32 Å². The van der Waals surface area contributed by atoms with E-state index in [1.807, 2.05) is 0 Å². The number of hydrogen-bond donors (Lipinski definition) is 1. The summed E-state index contributed by atoms with van der Waals surface area (Å²) in [7, 11) is 1.45. The summed E-state index contributed by atoms with van der Waals surface area (Å²) < 4.78 is 13.2. The molecule has 2 nitrogen and oxygen atoms in total. The van der Waals surface area contributed by atoms with Gasteiger partial charge in [0.15, 0.2) is 5.67 Å². The van der Waals surface area contributed by atoms with Crippen molar-refractivity contribution in [3.05, 3.63) is 0 Å². The molecule has 0 aromatic heterocycles. The summed E-state index contributed by atoms with van der Waals surface area (Å²) in [6, 6.07) is 0. The number of halogens is 1. The lowest BCUT2D eigenvalue weighted by molar-refractivity contribution is -0.132. The van der Waals surface area contributed by atoms with E-state index in [0.717, 1.165) is 0 Å². The molecule has 1 amide bonds. The van der Waals surface area contributed by atoms with Gasteiger partial charge in [-0.15, -0.1) is 0 Å². The van der Waals surface area contributed by atoms with Crippen LogP contribution in [0.1, 0.15) is 26.7 Å². The molecule has 10 heavy (non-hydrogen) atoms. The van der Waals surface area contributed by atoms with Gasteiger partial charge in [-0.2, -0.15) is 0 Å². The van der Waals surface area contributed by atoms with Gasteiger partial charge in [0.2, 0.25) is 0 Å². The van der Waals surface area contributed by atoms with E-state index in [-0.39, 0.29) is 12.8 Å². The van der Waals surface area contributed by atoms with E-state index in [9.17, 15) is 9.18 Å². The van der Waals surface area contributed by atoms with Gasteiger partial charge in [0.1, 0.15) is 0 Å². The van der Waals surface area contributed by atoms with Gasteiger partial charge < -0.3 is 5.32 Å². The first-order valence-electron chi connectivity index (χ1n) is 3.51. The van der Waals surface area contributed by atoms with Crippen molar-refractivity contribution < 1.29 is 9.18 Å². The second kappa shape index (κ2) is 3.54. The number of hydrogen-bond acceptors (Lipinski definition) is 1. The average Bonchev–Trinajstić information content (AvgIpc) is 2.01. The Morgan fingerprint density at radius 2 is 1.90 bits per heavy atom. The third kappa shape index (κ3) is 1.69. The topological polar surface area (TPSA) is 29.1 Å². The Bertz CT molecular complexity index is 121. The van der Waals surface area contributed by atoms with E-state index in [0.29, 0.717) is 0 Å². The van der Waals surface area contributed by atoms with Gasteiger partial charge in [-0.05, 0) is 12.8 Å². The molecule has 3 heteroatoms. The normalized spacial score (nSPS) is 11.2. The minimum atomic E-state index is -1.66. The Balaban J connectivity index is 4.17. The highest BCUT2D eigenvalue weighted by molar-refractivity contribution is 5.84. The number of carbonyl (C=O) groups excluding carboxylic acids is 1. The molecule has 0 heterocycles. The number of carbonyl (C=O) groups is 1. The molecule has 0 atom stereocenters. The van der Waals surface area contributed by atoms with Crippen molar-refractivity contribution in [3.63, 3.8) is 0 Å². The first-order chi connectivity index (χ1) is 4.60. The minimum absolute atomic E-state index is 0.239. The van der Waals surface area contributed by atoms with Crippen LogP contribution in [0, 0.1) is 0 Å². The maximum atomic E-state index is 13.2. The summed E-state index contributed by atoms with van der Waals surface area (Å²) in [5, 5.41) is 2.29. The van der Waals surface area contributed by atoms with E-state index in [4.69, 9.17) is 0 Å². The molecule has 0 aromatic carbocycles. The van der Waals surface area contributed by atoms with Crippen LogP contribution in [-0.2, 0) is 4.79 Å². The monoisotopic (exact) mass is 147 g/mol. The van der Waals surface area contributed by atoms with Crippen molar-refractivity contribution in [3.8, 4) is 0 Å². The molecule has 0 aliphatic carbocycles. The van der Waals surface area contributed by atoms with Gasteiger partial charge in [-0.1, -0.05) is 13.8 Å². The molecule has 0 radical (unpaired) electrons. The molecule has 0 aliphatic heterocycles. The molecule has 1 N–H and O–H groups in total. The van der Waals surface area contributed by atoms with Crippen molar-refractivity contribution in [1.29, 1.82) is 0 Å². The van der Waals surface area contributed by atoms with Crippen molar-refractivity contribution in [2.75, 3.05) is 7.05 Å². The molecule has 0 spiro atoms. The fraction of sp³-hybridized carbons (Fsp3) is 0.857. The Labute approximate surface area is 60.8 Å². The van der Waals surface area contributed by atoms with Gasteiger partial charge in [0.25, 0.3) is 5.91 Å². The second-order valence-electron chi connectivity index (χ2n) is 2.25. The summed E-state index contributed by atoms with van der Waals surface area (Å²) in [5.41, 5.74) is -1.66. The summed E-state index contributed by atoms with van der Waals surface area (Å²) in [6.45, 7) is 3.33. The van der Waals surface area contributed by atoms with Gasteiger partial charge in [0, 0.05) is 7.05 Å². The summed E-state index contributed by atoms with van der Waals surface area (Å²) in [5.74, 6) is -0.516. The van der Waals surface area contributed by atoms with Crippen LogP contribution in [0.3, 0.4) is 0 Å². The van der Waals surface area contributed by atoms with Crippen LogP contribution in [0.15, 0.2) is 0 Å². The highest BCUT2D eigenvalue weighted by Crippen LogP contribution is 2.19. The molecule has 0 fully saturated rings. The van der Waals surface area contributed by atoms with Crippen LogP contribution < -0.4 is 5.32 Å².